The van der Waals surface area contributed by atoms with Crippen molar-refractivity contribution in [3.63, 3.8) is 0 Å². The molecule has 26 heavy (non-hydrogen) atoms. The van der Waals surface area contributed by atoms with Crippen LogP contribution in [0.25, 0.3) is 0 Å². The molecule has 2 saturated heterocycles. The fourth-order valence-corrected chi connectivity index (χ4v) is 4.37. The number of likely N-dealkylation sites (tertiary alicyclic amines) is 1. The molecule has 0 bridgehead atoms. The van der Waals surface area contributed by atoms with Crippen molar-refractivity contribution in [3.05, 3.63) is 35.9 Å². The summed E-state index contributed by atoms with van der Waals surface area (Å²) in [4.78, 5) is 17.1. The highest BCUT2D eigenvalue weighted by Crippen LogP contribution is 2.35. The van der Waals surface area contributed by atoms with Gasteiger partial charge in [-0.3, -0.25) is 9.80 Å². The Bertz CT molecular complexity index is 613. The second-order valence-corrected chi connectivity index (χ2v) is 8.64. The van der Waals surface area contributed by atoms with Gasteiger partial charge in [-0.15, -0.1) is 0 Å². The smallest absolute Gasteiger partial charge is 0.412 e. The van der Waals surface area contributed by atoms with Crippen LogP contribution in [0.2, 0.25) is 0 Å². The maximum absolute atomic E-state index is 12.9. The van der Waals surface area contributed by atoms with Gasteiger partial charge in [-0.2, -0.15) is 0 Å². The number of hydrogen-bond donors (Lipinski definition) is 0. The van der Waals surface area contributed by atoms with Crippen LogP contribution in [0.1, 0.15) is 53.0 Å². The standard InChI is InChI=1S/C21H32N2O3/c1-16(26-19(24)23-20(2,3)15-25-21(23,4)5)18-12-9-13-22(18)14-17-10-7-6-8-11-17/h6-8,10-11,16,18H,9,12-15H2,1-5H3/t16-,18+/m1/s1. The quantitative estimate of drug-likeness (QED) is 0.813. The average Bonchev–Trinajstić information content (AvgIpc) is 3.10. The molecule has 1 amide bonds. The minimum absolute atomic E-state index is 0.152. The molecule has 0 aliphatic carbocycles. The zero-order valence-electron chi connectivity index (χ0n) is 16.7. The maximum atomic E-state index is 12.9. The van der Waals surface area contributed by atoms with Crippen molar-refractivity contribution >= 4 is 6.09 Å². The molecule has 0 unspecified atom stereocenters. The summed E-state index contributed by atoms with van der Waals surface area (Å²) in [5.41, 5.74) is 0.299. The van der Waals surface area contributed by atoms with E-state index in [1.54, 1.807) is 4.90 Å². The fourth-order valence-electron chi connectivity index (χ4n) is 4.37. The minimum Gasteiger partial charge on any atom is -0.445 e. The zero-order chi connectivity index (χ0) is 18.9. The van der Waals surface area contributed by atoms with E-state index in [1.165, 1.54) is 5.56 Å². The first-order valence-corrected chi connectivity index (χ1v) is 9.63. The van der Waals surface area contributed by atoms with E-state index < -0.39 is 5.72 Å². The molecule has 2 aliphatic rings. The van der Waals surface area contributed by atoms with Gasteiger partial charge in [0.1, 0.15) is 11.8 Å². The van der Waals surface area contributed by atoms with Crippen LogP contribution >= 0.6 is 0 Å². The molecule has 3 rings (SSSR count). The third-order valence-corrected chi connectivity index (χ3v) is 5.58. The highest BCUT2D eigenvalue weighted by atomic mass is 16.6. The van der Waals surface area contributed by atoms with Gasteiger partial charge in [0.05, 0.1) is 12.1 Å². The molecule has 5 nitrogen and oxygen atoms in total. The molecule has 2 aliphatic heterocycles. The van der Waals surface area contributed by atoms with Crippen LogP contribution in [0.4, 0.5) is 4.79 Å². The number of hydrogen-bond acceptors (Lipinski definition) is 4. The maximum Gasteiger partial charge on any atom is 0.412 e. The third-order valence-electron chi connectivity index (χ3n) is 5.58. The Morgan fingerprint density at radius 3 is 2.58 bits per heavy atom. The Kier molecular flexibility index (Phi) is 5.31. The second-order valence-electron chi connectivity index (χ2n) is 8.64. The van der Waals surface area contributed by atoms with Crippen molar-refractivity contribution in [2.45, 2.75) is 77.4 Å². The highest BCUT2D eigenvalue weighted by Gasteiger charge is 2.50. The summed E-state index contributed by atoms with van der Waals surface area (Å²) in [6.07, 6.45) is 1.77. The lowest BCUT2D eigenvalue weighted by molar-refractivity contribution is -0.0627. The van der Waals surface area contributed by atoms with Crippen LogP contribution in [0.3, 0.4) is 0 Å². The summed E-state index contributed by atoms with van der Waals surface area (Å²) in [6.45, 7) is 12.4. The first-order chi connectivity index (χ1) is 12.2. The first kappa shape index (κ1) is 19.2. The number of rotatable bonds is 4. The Labute approximate surface area is 157 Å². The molecule has 1 aromatic rings. The van der Waals surface area contributed by atoms with Gasteiger partial charge < -0.3 is 9.47 Å². The second kappa shape index (κ2) is 7.20. The number of carbonyl (C=O) groups excluding carboxylic acids is 1. The molecule has 0 saturated carbocycles. The normalized spacial score (nSPS) is 26.0. The lowest BCUT2D eigenvalue weighted by Crippen LogP contribution is -2.54. The van der Waals surface area contributed by atoms with E-state index >= 15 is 0 Å². The van der Waals surface area contributed by atoms with E-state index in [1.807, 2.05) is 40.7 Å². The molecular formula is C21H32N2O3. The van der Waals surface area contributed by atoms with Gasteiger partial charge in [-0.1, -0.05) is 30.3 Å². The summed E-state index contributed by atoms with van der Waals surface area (Å²) in [6, 6.07) is 10.7. The zero-order valence-corrected chi connectivity index (χ0v) is 16.7. The van der Waals surface area contributed by atoms with Gasteiger partial charge in [0, 0.05) is 12.6 Å². The van der Waals surface area contributed by atoms with Crippen molar-refractivity contribution in [2.24, 2.45) is 0 Å². The molecule has 2 heterocycles. The van der Waals surface area contributed by atoms with E-state index in [0.29, 0.717) is 6.61 Å². The van der Waals surface area contributed by atoms with Gasteiger partial charge in [0.2, 0.25) is 0 Å². The van der Waals surface area contributed by atoms with Crippen molar-refractivity contribution in [3.8, 4) is 0 Å². The van der Waals surface area contributed by atoms with Gasteiger partial charge in [0.15, 0.2) is 0 Å². The van der Waals surface area contributed by atoms with E-state index in [9.17, 15) is 4.79 Å². The Balaban J connectivity index is 1.65. The Hall–Kier alpha value is -1.59. The van der Waals surface area contributed by atoms with Gasteiger partial charge >= 0.3 is 6.09 Å². The number of carbonyl (C=O) groups is 1. The molecule has 2 atom stereocenters. The molecule has 5 heteroatoms. The van der Waals surface area contributed by atoms with E-state index in [-0.39, 0.29) is 23.8 Å². The Morgan fingerprint density at radius 2 is 1.96 bits per heavy atom. The topological polar surface area (TPSA) is 42.0 Å². The van der Waals surface area contributed by atoms with E-state index in [4.69, 9.17) is 9.47 Å². The SMILES string of the molecule is C[C@@H](OC(=O)N1C(C)(C)COC1(C)C)[C@@H]1CCCN1Cc1ccccc1. The summed E-state index contributed by atoms with van der Waals surface area (Å²) >= 11 is 0. The van der Waals surface area contributed by atoms with Crippen LogP contribution < -0.4 is 0 Å². The fraction of sp³-hybridized carbons (Fsp3) is 0.667. The molecule has 0 radical (unpaired) electrons. The number of amides is 1. The van der Waals surface area contributed by atoms with Crippen LogP contribution in [-0.4, -0.2) is 52.5 Å². The summed E-state index contributed by atoms with van der Waals surface area (Å²) in [5.74, 6) is 0. The lowest BCUT2D eigenvalue weighted by Gasteiger charge is -2.38. The number of ether oxygens (including phenoxy) is 2. The van der Waals surface area contributed by atoms with Gasteiger partial charge in [-0.05, 0) is 59.6 Å². The van der Waals surface area contributed by atoms with Crippen LogP contribution in [0.5, 0.6) is 0 Å². The number of benzene rings is 1. The van der Waals surface area contributed by atoms with Crippen molar-refractivity contribution < 1.29 is 14.3 Å². The van der Waals surface area contributed by atoms with E-state index in [2.05, 4.69) is 29.2 Å². The van der Waals surface area contributed by atoms with Crippen LogP contribution in [0, 0.1) is 0 Å². The number of nitrogens with zero attached hydrogens (tertiary/aromatic N) is 2. The molecule has 1 aromatic carbocycles. The van der Waals surface area contributed by atoms with E-state index in [0.717, 1.165) is 25.9 Å². The predicted molar refractivity (Wildman–Crippen MR) is 102 cm³/mol. The first-order valence-electron chi connectivity index (χ1n) is 9.63. The third kappa shape index (κ3) is 3.89. The van der Waals surface area contributed by atoms with Crippen molar-refractivity contribution in [1.82, 2.24) is 9.80 Å². The molecule has 0 aromatic heterocycles. The van der Waals surface area contributed by atoms with Crippen molar-refractivity contribution in [2.75, 3.05) is 13.2 Å². The summed E-state index contributed by atoms with van der Waals surface area (Å²) < 4.78 is 11.7. The van der Waals surface area contributed by atoms with Crippen LogP contribution in [-0.2, 0) is 16.0 Å². The molecular weight excluding hydrogens is 328 g/mol. The predicted octanol–water partition coefficient (Wildman–Crippen LogP) is 4.02. The summed E-state index contributed by atoms with van der Waals surface area (Å²) in [7, 11) is 0. The lowest BCUT2D eigenvalue weighted by atomic mass is 10.0. The largest absolute Gasteiger partial charge is 0.445 e. The monoisotopic (exact) mass is 360 g/mol. The molecule has 144 valence electrons. The van der Waals surface area contributed by atoms with Crippen LogP contribution in [0.15, 0.2) is 30.3 Å². The molecule has 0 N–H and O–H groups in total. The minimum atomic E-state index is -0.639. The highest BCUT2D eigenvalue weighted by molar-refractivity contribution is 5.70. The van der Waals surface area contributed by atoms with Crippen molar-refractivity contribution in [1.29, 1.82) is 0 Å². The Morgan fingerprint density at radius 1 is 1.27 bits per heavy atom. The van der Waals surface area contributed by atoms with Gasteiger partial charge in [-0.25, -0.2) is 4.79 Å². The molecule has 0 spiro atoms. The van der Waals surface area contributed by atoms with Gasteiger partial charge in [0.25, 0.3) is 0 Å². The summed E-state index contributed by atoms with van der Waals surface area (Å²) in [5, 5.41) is 0. The molecule has 2 fully saturated rings. The average molecular weight is 360 g/mol.